The van der Waals surface area contributed by atoms with Crippen molar-refractivity contribution in [2.75, 3.05) is 5.32 Å². The molecule has 2 aromatic heterocycles. The molecule has 1 amide bonds. The number of benzene rings is 1. The molecule has 0 atom stereocenters. The number of nitrogens with one attached hydrogen (secondary N) is 2. The van der Waals surface area contributed by atoms with Gasteiger partial charge in [-0.15, -0.1) is 5.10 Å². The van der Waals surface area contributed by atoms with Gasteiger partial charge in [0, 0.05) is 6.42 Å². The lowest BCUT2D eigenvalue weighted by atomic mass is 10.3. The van der Waals surface area contributed by atoms with Crippen LogP contribution in [-0.4, -0.2) is 31.1 Å². The molecule has 0 aliphatic rings. The highest BCUT2D eigenvalue weighted by Crippen LogP contribution is 2.21. The van der Waals surface area contributed by atoms with Crippen molar-refractivity contribution in [1.82, 2.24) is 25.1 Å². The van der Waals surface area contributed by atoms with Crippen molar-refractivity contribution in [3.05, 3.63) is 41.1 Å². The van der Waals surface area contributed by atoms with Crippen molar-refractivity contribution in [2.24, 2.45) is 0 Å². The van der Waals surface area contributed by atoms with E-state index in [-0.39, 0.29) is 16.8 Å². The van der Waals surface area contributed by atoms with Crippen LogP contribution in [0, 0.1) is 0 Å². The number of carbonyl (C=O) groups is 1. The first kappa shape index (κ1) is 13.4. The highest BCUT2D eigenvalue weighted by atomic mass is 35.5. The average molecular weight is 303 g/mol. The standard InChI is InChI=1S/C13H11ClN6O/c1-2-9-17-12(20-19-9)13(21)18-11-10(14)15-7-5-3-4-6-8(7)16-11/h3-6H,2H2,1H3,(H,16,18,21)(H,17,19,20). The van der Waals surface area contributed by atoms with Gasteiger partial charge in [-0.1, -0.05) is 30.7 Å². The third-order valence-electron chi connectivity index (χ3n) is 2.83. The lowest BCUT2D eigenvalue weighted by molar-refractivity contribution is 0.101. The monoisotopic (exact) mass is 302 g/mol. The maximum absolute atomic E-state index is 12.0. The Balaban J connectivity index is 1.90. The van der Waals surface area contributed by atoms with Gasteiger partial charge in [-0.3, -0.25) is 9.89 Å². The maximum atomic E-state index is 12.0. The second-order valence-corrected chi connectivity index (χ2v) is 4.62. The Morgan fingerprint density at radius 1 is 1.24 bits per heavy atom. The highest BCUT2D eigenvalue weighted by molar-refractivity contribution is 6.32. The Kier molecular flexibility index (Phi) is 3.49. The molecule has 0 aliphatic carbocycles. The van der Waals surface area contributed by atoms with Gasteiger partial charge in [0.2, 0.25) is 5.82 Å². The summed E-state index contributed by atoms with van der Waals surface area (Å²) in [5, 5.41) is 9.20. The van der Waals surface area contributed by atoms with Crippen molar-refractivity contribution in [1.29, 1.82) is 0 Å². The smallest absolute Gasteiger partial charge is 0.296 e. The van der Waals surface area contributed by atoms with E-state index >= 15 is 0 Å². The molecule has 7 nitrogen and oxygen atoms in total. The van der Waals surface area contributed by atoms with Crippen molar-refractivity contribution in [2.45, 2.75) is 13.3 Å². The summed E-state index contributed by atoms with van der Waals surface area (Å²) in [7, 11) is 0. The fraction of sp³-hybridized carbons (Fsp3) is 0.154. The van der Waals surface area contributed by atoms with Crippen LogP contribution in [0.25, 0.3) is 11.0 Å². The highest BCUT2D eigenvalue weighted by Gasteiger charge is 2.15. The number of nitrogens with zero attached hydrogens (tertiary/aromatic N) is 4. The van der Waals surface area contributed by atoms with Gasteiger partial charge in [-0.25, -0.2) is 15.0 Å². The molecule has 21 heavy (non-hydrogen) atoms. The van der Waals surface area contributed by atoms with Gasteiger partial charge in [-0.05, 0) is 12.1 Å². The van der Waals surface area contributed by atoms with Gasteiger partial charge in [0.15, 0.2) is 11.0 Å². The molecule has 0 aliphatic heterocycles. The second kappa shape index (κ2) is 5.45. The third kappa shape index (κ3) is 2.68. The van der Waals surface area contributed by atoms with Crippen molar-refractivity contribution in [3.63, 3.8) is 0 Å². The number of aromatic nitrogens is 5. The first-order chi connectivity index (χ1) is 10.2. The van der Waals surface area contributed by atoms with E-state index in [2.05, 4.69) is 30.5 Å². The number of hydrogen-bond donors (Lipinski definition) is 2. The van der Waals surface area contributed by atoms with Gasteiger partial charge in [0.25, 0.3) is 5.91 Å². The zero-order valence-electron chi connectivity index (χ0n) is 11.1. The number of aromatic amines is 1. The fourth-order valence-electron chi connectivity index (χ4n) is 1.78. The Hall–Kier alpha value is -2.54. The molecule has 8 heteroatoms. The first-order valence-electron chi connectivity index (χ1n) is 6.32. The van der Waals surface area contributed by atoms with Crippen molar-refractivity contribution >= 4 is 34.4 Å². The van der Waals surface area contributed by atoms with Gasteiger partial charge in [-0.2, -0.15) is 0 Å². The Labute approximate surface area is 124 Å². The van der Waals surface area contributed by atoms with E-state index in [0.29, 0.717) is 23.3 Å². The predicted molar refractivity (Wildman–Crippen MR) is 78.3 cm³/mol. The molecule has 0 unspecified atom stereocenters. The van der Waals surface area contributed by atoms with E-state index in [9.17, 15) is 4.79 Å². The van der Waals surface area contributed by atoms with E-state index in [1.165, 1.54) is 0 Å². The van der Waals surface area contributed by atoms with Gasteiger partial charge >= 0.3 is 0 Å². The zero-order valence-corrected chi connectivity index (χ0v) is 11.8. The van der Waals surface area contributed by atoms with E-state index in [0.717, 1.165) is 0 Å². The van der Waals surface area contributed by atoms with Gasteiger partial charge in [0.1, 0.15) is 5.82 Å². The first-order valence-corrected chi connectivity index (χ1v) is 6.70. The van der Waals surface area contributed by atoms with Gasteiger partial charge in [0.05, 0.1) is 11.0 Å². The summed E-state index contributed by atoms with van der Waals surface area (Å²) in [5.41, 5.74) is 1.30. The van der Waals surface area contributed by atoms with Crippen LogP contribution in [0.3, 0.4) is 0 Å². The summed E-state index contributed by atoms with van der Waals surface area (Å²) in [6, 6.07) is 7.25. The van der Waals surface area contributed by atoms with Gasteiger partial charge < -0.3 is 5.32 Å². The molecule has 0 bridgehead atoms. The number of fused-ring (bicyclic) bond motifs is 1. The quantitative estimate of drug-likeness (QED) is 0.773. The minimum absolute atomic E-state index is 0.0397. The minimum atomic E-state index is -0.488. The lowest BCUT2D eigenvalue weighted by Gasteiger charge is -2.05. The second-order valence-electron chi connectivity index (χ2n) is 4.27. The van der Waals surface area contributed by atoms with E-state index in [1.807, 2.05) is 19.1 Å². The topological polar surface area (TPSA) is 96.5 Å². The Morgan fingerprint density at radius 3 is 2.62 bits per heavy atom. The van der Waals surface area contributed by atoms with Crippen LogP contribution in [0.2, 0.25) is 5.15 Å². The molecule has 3 rings (SSSR count). The number of rotatable bonds is 3. The Morgan fingerprint density at radius 2 is 1.95 bits per heavy atom. The summed E-state index contributed by atoms with van der Waals surface area (Å²) in [6.45, 7) is 1.91. The van der Waals surface area contributed by atoms with Crippen LogP contribution in [0.1, 0.15) is 23.4 Å². The third-order valence-corrected chi connectivity index (χ3v) is 3.09. The molecule has 106 valence electrons. The lowest BCUT2D eigenvalue weighted by Crippen LogP contribution is -2.15. The number of carbonyl (C=O) groups excluding carboxylic acids is 1. The molecule has 2 heterocycles. The van der Waals surface area contributed by atoms with E-state index in [1.54, 1.807) is 12.1 Å². The molecule has 1 aromatic carbocycles. The average Bonchev–Trinajstić information content (AvgIpc) is 2.97. The maximum Gasteiger partial charge on any atom is 0.296 e. The van der Waals surface area contributed by atoms with E-state index in [4.69, 9.17) is 11.6 Å². The molecule has 0 fully saturated rings. The zero-order chi connectivity index (χ0) is 14.8. The predicted octanol–water partition coefficient (Wildman–Crippen LogP) is 2.22. The molecule has 0 saturated heterocycles. The van der Waals surface area contributed by atoms with Crippen LogP contribution in [0.4, 0.5) is 5.82 Å². The molecular weight excluding hydrogens is 292 g/mol. The molecule has 0 spiro atoms. The number of halogens is 1. The molecule has 3 aromatic rings. The number of anilines is 1. The summed E-state index contributed by atoms with van der Waals surface area (Å²) in [5.74, 6) is 0.370. The van der Waals surface area contributed by atoms with Crippen LogP contribution < -0.4 is 5.32 Å². The Bertz CT molecular complexity index is 815. The summed E-state index contributed by atoms with van der Waals surface area (Å²) < 4.78 is 0. The van der Waals surface area contributed by atoms with Crippen LogP contribution >= 0.6 is 11.6 Å². The summed E-state index contributed by atoms with van der Waals surface area (Å²) in [4.78, 5) is 24.6. The SMILES string of the molecule is CCc1nc(C(=O)Nc2nc3ccccc3nc2Cl)n[nH]1. The van der Waals surface area contributed by atoms with E-state index < -0.39 is 5.91 Å². The van der Waals surface area contributed by atoms with Crippen molar-refractivity contribution < 1.29 is 4.79 Å². The number of para-hydroxylation sites is 2. The number of amides is 1. The van der Waals surface area contributed by atoms with Crippen LogP contribution in [-0.2, 0) is 6.42 Å². The largest absolute Gasteiger partial charge is 0.301 e. The van der Waals surface area contributed by atoms with Crippen LogP contribution in [0.5, 0.6) is 0 Å². The minimum Gasteiger partial charge on any atom is -0.301 e. The number of H-pyrrole nitrogens is 1. The summed E-state index contributed by atoms with van der Waals surface area (Å²) >= 11 is 6.03. The molecule has 0 saturated carbocycles. The van der Waals surface area contributed by atoms with Crippen LogP contribution in [0.15, 0.2) is 24.3 Å². The number of hydrogen-bond acceptors (Lipinski definition) is 5. The van der Waals surface area contributed by atoms with Crippen molar-refractivity contribution in [3.8, 4) is 0 Å². The fourth-order valence-corrected chi connectivity index (χ4v) is 1.96. The number of aryl methyl sites for hydroxylation is 1. The molecule has 2 N–H and O–H groups in total. The molecule has 0 radical (unpaired) electrons. The normalized spacial score (nSPS) is 10.8. The summed E-state index contributed by atoms with van der Waals surface area (Å²) in [6.07, 6.45) is 0.664. The molecular formula is C13H11ClN6O.